The van der Waals surface area contributed by atoms with E-state index in [9.17, 15) is 14.7 Å². The zero-order valence-electron chi connectivity index (χ0n) is 13.0. The van der Waals surface area contributed by atoms with E-state index in [0.717, 1.165) is 24.1 Å². The largest absolute Gasteiger partial charge is 0.480 e. The second-order valence-electron chi connectivity index (χ2n) is 5.86. The van der Waals surface area contributed by atoms with E-state index >= 15 is 0 Å². The third-order valence-electron chi connectivity index (χ3n) is 4.14. The summed E-state index contributed by atoms with van der Waals surface area (Å²) in [6.07, 6.45) is 5.89. The molecule has 6 heteroatoms. The Morgan fingerprint density at radius 1 is 1.22 bits per heavy atom. The SMILES string of the molecule is Cc1cnn(-c2ccc(C(=O)N3CCCC[C@@H]3C(=O)O)cc2)c1. The highest BCUT2D eigenvalue weighted by Gasteiger charge is 2.32. The summed E-state index contributed by atoms with van der Waals surface area (Å²) in [6.45, 7) is 2.46. The average Bonchev–Trinajstić information content (AvgIpc) is 3.01. The standard InChI is InChI=1S/C17H19N3O3/c1-12-10-18-20(11-12)14-7-5-13(6-8-14)16(21)19-9-3-2-4-15(19)17(22)23/h5-8,10-11,15H,2-4,9H2,1H3,(H,22,23)/t15-/m1/s1. The van der Waals surface area contributed by atoms with E-state index in [0.29, 0.717) is 18.5 Å². The molecule has 0 bridgehead atoms. The summed E-state index contributed by atoms with van der Waals surface area (Å²) < 4.78 is 1.74. The number of carboxylic acid groups (broad SMARTS) is 1. The molecule has 0 aliphatic carbocycles. The van der Waals surface area contributed by atoms with Crippen LogP contribution in [0.4, 0.5) is 0 Å². The van der Waals surface area contributed by atoms with Crippen molar-refractivity contribution in [3.63, 3.8) is 0 Å². The predicted octanol–water partition coefficient (Wildman–Crippen LogP) is 2.26. The highest BCUT2D eigenvalue weighted by Crippen LogP contribution is 2.20. The van der Waals surface area contributed by atoms with Crippen LogP contribution in [0.5, 0.6) is 0 Å². The topological polar surface area (TPSA) is 75.4 Å². The van der Waals surface area contributed by atoms with Gasteiger partial charge < -0.3 is 10.0 Å². The Balaban J connectivity index is 1.80. The van der Waals surface area contributed by atoms with Crippen LogP contribution in [0.3, 0.4) is 0 Å². The second-order valence-corrected chi connectivity index (χ2v) is 5.86. The Bertz CT molecular complexity index is 721. The van der Waals surface area contributed by atoms with Crippen molar-refractivity contribution in [3.8, 4) is 5.69 Å². The number of hydrogen-bond donors (Lipinski definition) is 1. The number of benzene rings is 1. The zero-order chi connectivity index (χ0) is 16.4. The second kappa shape index (κ2) is 6.24. The number of piperidine rings is 1. The Labute approximate surface area is 134 Å². The van der Waals surface area contributed by atoms with Crippen molar-refractivity contribution in [2.45, 2.75) is 32.2 Å². The molecule has 1 fully saturated rings. The molecule has 6 nitrogen and oxygen atoms in total. The number of hydrogen-bond acceptors (Lipinski definition) is 3. The molecule has 1 aliphatic rings. The van der Waals surface area contributed by atoms with Crippen LogP contribution in [-0.4, -0.2) is 44.3 Å². The summed E-state index contributed by atoms with van der Waals surface area (Å²) in [5, 5.41) is 13.5. The van der Waals surface area contributed by atoms with Crippen molar-refractivity contribution in [1.29, 1.82) is 0 Å². The van der Waals surface area contributed by atoms with Crippen molar-refractivity contribution in [2.75, 3.05) is 6.54 Å². The molecule has 1 aromatic heterocycles. The lowest BCUT2D eigenvalue weighted by molar-refractivity contribution is -0.143. The van der Waals surface area contributed by atoms with Crippen LogP contribution >= 0.6 is 0 Å². The van der Waals surface area contributed by atoms with Crippen LogP contribution in [0, 0.1) is 6.92 Å². The van der Waals surface area contributed by atoms with E-state index < -0.39 is 12.0 Å². The van der Waals surface area contributed by atoms with Crippen molar-refractivity contribution in [3.05, 3.63) is 47.8 Å². The molecule has 23 heavy (non-hydrogen) atoms. The van der Waals surface area contributed by atoms with Crippen LogP contribution in [0.25, 0.3) is 5.69 Å². The van der Waals surface area contributed by atoms with E-state index in [1.165, 1.54) is 4.90 Å². The molecule has 2 aromatic rings. The Hall–Kier alpha value is -2.63. The molecular formula is C17H19N3O3. The Kier molecular flexibility index (Phi) is 4.14. The van der Waals surface area contributed by atoms with Crippen molar-refractivity contribution in [1.82, 2.24) is 14.7 Å². The first-order valence-electron chi connectivity index (χ1n) is 7.72. The van der Waals surface area contributed by atoms with Gasteiger partial charge in [-0.3, -0.25) is 4.79 Å². The molecule has 2 heterocycles. The lowest BCUT2D eigenvalue weighted by Crippen LogP contribution is -2.47. The minimum Gasteiger partial charge on any atom is -0.480 e. The van der Waals surface area contributed by atoms with Crippen molar-refractivity contribution < 1.29 is 14.7 Å². The molecule has 1 amide bonds. The van der Waals surface area contributed by atoms with Gasteiger partial charge >= 0.3 is 5.97 Å². The monoisotopic (exact) mass is 313 g/mol. The minimum atomic E-state index is -0.929. The van der Waals surface area contributed by atoms with Gasteiger partial charge in [-0.15, -0.1) is 0 Å². The number of aryl methyl sites for hydroxylation is 1. The summed E-state index contributed by atoms with van der Waals surface area (Å²) >= 11 is 0. The third kappa shape index (κ3) is 3.11. The predicted molar refractivity (Wildman–Crippen MR) is 84.6 cm³/mol. The molecular weight excluding hydrogens is 294 g/mol. The molecule has 1 aromatic carbocycles. The fraction of sp³-hybridized carbons (Fsp3) is 0.353. The number of aliphatic carboxylic acids is 1. The fourth-order valence-corrected chi connectivity index (χ4v) is 2.91. The number of nitrogens with zero attached hydrogens (tertiary/aromatic N) is 3. The minimum absolute atomic E-state index is 0.222. The van der Waals surface area contributed by atoms with Crippen LogP contribution in [0.2, 0.25) is 0 Å². The Morgan fingerprint density at radius 2 is 1.96 bits per heavy atom. The summed E-state index contributed by atoms with van der Waals surface area (Å²) in [4.78, 5) is 25.4. The van der Waals surface area contributed by atoms with Gasteiger partial charge in [-0.05, 0) is 56.0 Å². The molecule has 3 rings (SSSR count). The van der Waals surface area contributed by atoms with Crippen LogP contribution in [0.15, 0.2) is 36.7 Å². The lowest BCUT2D eigenvalue weighted by atomic mass is 10.0. The first kappa shape index (κ1) is 15.3. The number of carbonyl (C=O) groups excluding carboxylic acids is 1. The van der Waals surface area contributed by atoms with Gasteiger partial charge in [-0.25, -0.2) is 9.48 Å². The normalized spacial score (nSPS) is 18.0. The number of carboxylic acids is 1. The van der Waals surface area contributed by atoms with Crippen LogP contribution in [0.1, 0.15) is 35.2 Å². The number of rotatable bonds is 3. The van der Waals surface area contributed by atoms with Crippen molar-refractivity contribution >= 4 is 11.9 Å². The average molecular weight is 313 g/mol. The number of carbonyl (C=O) groups is 2. The highest BCUT2D eigenvalue weighted by molar-refractivity contribution is 5.96. The maximum atomic E-state index is 12.6. The molecule has 120 valence electrons. The van der Waals surface area contributed by atoms with Gasteiger partial charge in [-0.1, -0.05) is 0 Å². The smallest absolute Gasteiger partial charge is 0.326 e. The lowest BCUT2D eigenvalue weighted by Gasteiger charge is -2.33. The molecule has 1 N–H and O–H groups in total. The summed E-state index contributed by atoms with van der Waals surface area (Å²) in [6, 6.07) is 6.37. The van der Waals surface area contributed by atoms with E-state index in [2.05, 4.69) is 5.10 Å². The maximum Gasteiger partial charge on any atom is 0.326 e. The molecule has 1 atom stereocenters. The molecule has 0 radical (unpaired) electrons. The first-order valence-corrected chi connectivity index (χ1v) is 7.72. The molecule has 0 spiro atoms. The summed E-state index contributed by atoms with van der Waals surface area (Å²) in [5.41, 5.74) is 2.43. The van der Waals surface area contributed by atoms with Crippen LogP contribution < -0.4 is 0 Å². The van der Waals surface area contributed by atoms with E-state index in [4.69, 9.17) is 0 Å². The zero-order valence-corrected chi connectivity index (χ0v) is 13.0. The highest BCUT2D eigenvalue weighted by atomic mass is 16.4. The van der Waals surface area contributed by atoms with Gasteiger partial charge in [0.2, 0.25) is 0 Å². The van der Waals surface area contributed by atoms with Gasteiger partial charge in [0.25, 0.3) is 5.91 Å². The number of likely N-dealkylation sites (tertiary alicyclic amines) is 1. The number of aromatic nitrogens is 2. The quantitative estimate of drug-likeness (QED) is 0.943. The summed E-state index contributed by atoms with van der Waals surface area (Å²) in [7, 11) is 0. The molecule has 1 aliphatic heterocycles. The summed E-state index contributed by atoms with van der Waals surface area (Å²) in [5.74, 6) is -1.15. The van der Waals surface area contributed by atoms with Gasteiger partial charge in [0, 0.05) is 18.3 Å². The Morgan fingerprint density at radius 3 is 2.57 bits per heavy atom. The molecule has 0 saturated carbocycles. The van der Waals surface area contributed by atoms with Gasteiger partial charge in [0.1, 0.15) is 6.04 Å². The molecule has 0 unspecified atom stereocenters. The van der Waals surface area contributed by atoms with Gasteiger partial charge in [-0.2, -0.15) is 5.10 Å². The number of amides is 1. The van der Waals surface area contributed by atoms with Gasteiger partial charge in [0.05, 0.1) is 11.9 Å². The van der Waals surface area contributed by atoms with Crippen LogP contribution in [-0.2, 0) is 4.79 Å². The first-order chi connectivity index (χ1) is 11.1. The molecule has 1 saturated heterocycles. The fourth-order valence-electron chi connectivity index (χ4n) is 2.91. The third-order valence-corrected chi connectivity index (χ3v) is 4.14. The van der Waals surface area contributed by atoms with Gasteiger partial charge in [0.15, 0.2) is 0 Å². The maximum absolute atomic E-state index is 12.6. The van der Waals surface area contributed by atoms with E-state index in [1.807, 2.05) is 25.3 Å². The van der Waals surface area contributed by atoms with E-state index in [-0.39, 0.29) is 5.91 Å². The van der Waals surface area contributed by atoms with Crippen molar-refractivity contribution in [2.24, 2.45) is 0 Å². The van der Waals surface area contributed by atoms with E-state index in [1.54, 1.807) is 23.0 Å².